The molecule has 0 atom stereocenters. The van der Waals surface area contributed by atoms with Gasteiger partial charge >= 0.3 is 6.18 Å². The van der Waals surface area contributed by atoms with Crippen molar-refractivity contribution in [2.75, 3.05) is 7.05 Å². The van der Waals surface area contributed by atoms with Crippen LogP contribution in [0.4, 0.5) is 13.2 Å². The maximum atomic E-state index is 12.7. The molecule has 0 unspecified atom stereocenters. The molecule has 2 aromatic rings. The van der Waals surface area contributed by atoms with Crippen LogP contribution in [0.25, 0.3) is 5.69 Å². The minimum atomic E-state index is -4.36. The van der Waals surface area contributed by atoms with Crippen LogP contribution in [0.3, 0.4) is 0 Å². The first-order chi connectivity index (χ1) is 8.91. The number of alkyl halides is 3. The first-order valence-electron chi connectivity index (χ1n) is 5.66. The van der Waals surface area contributed by atoms with E-state index in [1.54, 1.807) is 20.2 Å². The van der Waals surface area contributed by atoms with Gasteiger partial charge in [0.15, 0.2) is 0 Å². The highest BCUT2D eigenvalue weighted by Crippen LogP contribution is 2.31. The van der Waals surface area contributed by atoms with Crippen LogP contribution in [0.2, 0.25) is 0 Å². The number of hydrogen-bond acceptors (Lipinski definition) is 3. The number of rotatable bonds is 3. The van der Waals surface area contributed by atoms with E-state index >= 15 is 0 Å². The first kappa shape index (κ1) is 13.5. The lowest BCUT2D eigenvalue weighted by atomic mass is 10.1. The molecule has 0 spiro atoms. The normalized spacial score (nSPS) is 11.8. The average molecular weight is 270 g/mol. The smallest absolute Gasteiger partial charge is 0.314 e. The largest absolute Gasteiger partial charge is 0.416 e. The van der Waals surface area contributed by atoms with E-state index in [0.717, 1.165) is 12.1 Å². The summed E-state index contributed by atoms with van der Waals surface area (Å²) in [5.41, 5.74) is 1.05. The van der Waals surface area contributed by atoms with Gasteiger partial charge in [-0.05, 0) is 31.7 Å². The lowest BCUT2D eigenvalue weighted by Crippen LogP contribution is -2.07. The summed E-state index contributed by atoms with van der Waals surface area (Å²) in [5.74, 6) is 0. The molecule has 0 aliphatic rings. The summed E-state index contributed by atoms with van der Waals surface area (Å²) in [5, 5.41) is 10.6. The van der Waals surface area contributed by atoms with Crippen molar-refractivity contribution in [3.8, 4) is 5.69 Å². The molecule has 0 saturated carbocycles. The van der Waals surface area contributed by atoms with Gasteiger partial charge < -0.3 is 5.32 Å². The van der Waals surface area contributed by atoms with Crippen molar-refractivity contribution in [2.24, 2.45) is 0 Å². The number of nitrogens with zero attached hydrogens (tertiary/aromatic N) is 3. The standard InChI is InChI=1S/C12H13F3N4/c1-8-3-4-9(12(13,14)15)5-11(8)19-7-10(6-16-2)17-18-19/h3-5,7,16H,6H2,1-2H3. The van der Waals surface area contributed by atoms with Crippen molar-refractivity contribution in [2.45, 2.75) is 19.6 Å². The summed E-state index contributed by atoms with van der Waals surface area (Å²) in [7, 11) is 1.76. The number of halogens is 3. The number of nitrogens with one attached hydrogen (secondary N) is 1. The van der Waals surface area contributed by atoms with E-state index in [1.807, 2.05) is 0 Å². The van der Waals surface area contributed by atoms with Gasteiger partial charge in [0.1, 0.15) is 0 Å². The van der Waals surface area contributed by atoms with Crippen molar-refractivity contribution in [1.29, 1.82) is 0 Å². The molecule has 4 nitrogen and oxygen atoms in total. The van der Waals surface area contributed by atoms with E-state index in [-0.39, 0.29) is 0 Å². The van der Waals surface area contributed by atoms with Gasteiger partial charge in [-0.3, -0.25) is 0 Å². The van der Waals surface area contributed by atoms with Crippen molar-refractivity contribution >= 4 is 0 Å². The Labute approximate surface area is 108 Å². The van der Waals surface area contributed by atoms with E-state index in [4.69, 9.17) is 0 Å². The average Bonchev–Trinajstić information content (AvgIpc) is 2.77. The number of benzene rings is 1. The van der Waals surface area contributed by atoms with Crippen LogP contribution in [0, 0.1) is 6.92 Å². The van der Waals surface area contributed by atoms with Crippen molar-refractivity contribution in [3.05, 3.63) is 41.2 Å². The third-order valence-electron chi connectivity index (χ3n) is 2.68. The zero-order valence-electron chi connectivity index (χ0n) is 10.5. The Kier molecular flexibility index (Phi) is 3.57. The Balaban J connectivity index is 2.42. The third kappa shape index (κ3) is 2.93. The van der Waals surface area contributed by atoms with Crippen LogP contribution in [-0.4, -0.2) is 22.0 Å². The van der Waals surface area contributed by atoms with E-state index in [0.29, 0.717) is 23.5 Å². The van der Waals surface area contributed by atoms with E-state index < -0.39 is 11.7 Å². The lowest BCUT2D eigenvalue weighted by Gasteiger charge is -2.10. The molecule has 0 aliphatic heterocycles. The topological polar surface area (TPSA) is 42.7 Å². The second kappa shape index (κ2) is 5.00. The molecule has 0 radical (unpaired) electrons. The summed E-state index contributed by atoms with van der Waals surface area (Å²) in [4.78, 5) is 0. The van der Waals surface area contributed by atoms with E-state index in [9.17, 15) is 13.2 Å². The molecule has 1 N–H and O–H groups in total. The third-order valence-corrected chi connectivity index (χ3v) is 2.68. The van der Waals surface area contributed by atoms with Gasteiger partial charge in [-0.25, -0.2) is 4.68 Å². The number of hydrogen-bond donors (Lipinski definition) is 1. The van der Waals surface area contributed by atoms with Crippen LogP contribution in [0.15, 0.2) is 24.4 Å². The van der Waals surface area contributed by atoms with Crippen LogP contribution in [-0.2, 0) is 12.7 Å². The zero-order valence-corrected chi connectivity index (χ0v) is 10.5. The molecule has 0 bridgehead atoms. The highest BCUT2D eigenvalue weighted by Gasteiger charge is 2.31. The maximum absolute atomic E-state index is 12.7. The molecular weight excluding hydrogens is 257 g/mol. The van der Waals surface area contributed by atoms with Crippen molar-refractivity contribution in [1.82, 2.24) is 20.3 Å². The molecule has 19 heavy (non-hydrogen) atoms. The highest BCUT2D eigenvalue weighted by molar-refractivity contribution is 5.43. The van der Waals surface area contributed by atoms with Gasteiger partial charge in [-0.1, -0.05) is 11.3 Å². The monoisotopic (exact) mass is 270 g/mol. The van der Waals surface area contributed by atoms with E-state index in [1.165, 1.54) is 10.7 Å². The Morgan fingerprint density at radius 2 is 2.05 bits per heavy atom. The second-order valence-electron chi connectivity index (χ2n) is 4.18. The van der Waals surface area contributed by atoms with Gasteiger partial charge in [0.05, 0.1) is 23.1 Å². The summed E-state index contributed by atoms with van der Waals surface area (Å²) < 4.78 is 39.4. The van der Waals surface area contributed by atoms with Crippen molar-refractivity contribution in [3.63, 3.8) is 0 Å². The fraction of sp³-hybridized carbons (Fsp3) is 0.333. The molecular formula is C12H13F3N4. The van der Waals surface area contributed by atoms with Crippen LogP contribution < -0.4 is 5.32 Å². The molecule has 102 valence electrons. The maximum Gasteiger partial charge on any atom is 0.416 e. The fourth-order valence-corrected chi connectivity index (χ4v) is 1.71. The van der Waals surface area contributed by atoms with Crippen LogP contribution in [0.5, 0.6) is 0 Å². The fourth-order valence-electron chi connectivity index (χ4n) is 1.71. The summed E-state index contributed by atoms with van der Waals surface area (Å²) >= 11 is 0. The Bertz CT molecular complexity index is 575. The number of aromatic nitrogens is 3. The predicted molar refractivity (Wildman–Crippen MR) is 63.9 cm³/mol. The molecule has 7 heteroatoms. The van der Waals surface area contributed by atoms with Gasteiger partial charge in [0.25, 0.3) is 0 Å². The second-order valence-corrected chi connectivity index (χ2v) is 4.18. The Morgan fingerprint density at radius 3 is 2.68 bits per heavy atom. The van der Waals surface area contributed by atoms with E-state index in [2.05, 4.69) is 15.6 Å². The summed E-state index contributed by atoms with van der Waals surface area (Å²) in [6.07, 6.45) is -2.75. The molecule has 0 saturated heterocycles. The lowest BCUT2D eigenvalue weighted by molar-refractivity contribution is -0.137. The molecule has 2 rings (SSSR count). The predicted octanol–water partition coefficient (Wildman–Crippen LogP) is 2.31. The Morgan fingerprint density at radius 1 is 1.32 bits per heavy atom. The highest BCUT2D eigenvalue weighted by atomic mass is 19.4. The van der Waals surface area contributed by atoms with Crippen molar-refractivity contribution < 1.29 is 13.2 Å². The molecule has 0 aliphatic carbocycles. The molecule has 1 aromatic heterocycles. The van der Waals surface area contributed by atoms with Gasteiger partial charge in [-0.15, -0.1) is 5.10 Å². The summed E-state index contributed by atoms with van der Waals surface area (Å²) in [6, 6.07) is 3.56. The number of aryl methyl sites for hydroxylation is 1. The molecule has 1 heterocycles. The quantitative estimate of drug-likeness (QED) is 0.930. The van der Waals surface area contributed by atoms with Crippen LogP contribution in [0.1, 0.15) is 16.8 Å². The van der Waals surface area contributed by atoms with Crippen LogP contribution >= 0.6 is 0 Å². The van der Waals surface area contributed by atoms with Gasteiger partial charge in [0, 0.05) is 6.54 Å². The molecule has 1 aromatic carbocycles. The SMILES string of the molecule is CNCc1cn(-c2cc(C(F)(F)F)ccc2C)nn1. The summed E-state index contributed by atoms with van der Waals surface area (Å²) in [6.45, 7) is 2.24. The minimum Gasteiger partial charge on any atom is -0.314 e. The van der Waals surface area contributed by atoms with Gasteiger partial charge in [-0.2, -0.15) is 13.2 Å². The molecule has 0 fully saturated rings. The minimum absolute atomic E-state index is 0.379. The zero-order chi connectivity index (χ0) is 14.0. The van der Waals surface area contributed by atoms with Gasteiger partial charge in [0.2, 0.25) is 0 Å². The first-order valence-corrected chi connectivity index (χ1v) is 5.66. The molecule has 0 amide bonds. The Hall–Kier alpha value is -1.89.